The molecular formula is C27H27N5O2S. The van der Waals surface area contributed by atoms with Crippen LogP contribution in [0.5, 0.6) is 0 Å². The molecule has 0 atom stereocenters. The van der Waals surface area contributed by atoms with Crippen LogP contribution in [0.3, 0.4) is 0 Å². The highest BCUT2D eigenvalue weighted by Crippen LogP contribution is 2.38. The number of hydrogen-bond acceptors (Lipinski definition) is 6. The van der Waals surface area contributed by atoms with Gasteiger partial charge in [-0.15, -0.1) is 5.73 Å². The summed E-state index contributed by atoms with van der Waals surface area (Å²) in [6.45, 7) is 2.40. The van der Waals surface area contributed by atoms with E-state index >= 15 is 0 Å². The molecule has 1 aromatic carbocycles. The number of allylic oxidation sites excluding steroid dienone is 1. The second kappa shape index (κ2) is 9.96. The fourth-order valence-electron chi connectivity index (χ4n) is 4.50. The Balaban J connectivity index is 1.57. The van der Waals surface area contributed by atoms with E-state index in [4.69, 9.17) is 0 Å². The maximum Gasteiger partial charge on any atom is 0.321 e. The van der Waals surface area contributed by atoms with Gasteiger partial charge in [0.1, 0.15) is 5.60 Å². The largest absolute Gasteiger partial charge is 0.384 e. The van der Waals surface area contributed by atoms with E-state index < -0.39 is 5.60 Å². The average Bonchev–Trinajstić information content (AvgIpc) is 3.09. The number of fused-ring (bicyclic) bond motifs is 1. The highest BCUT2D eigenvalue weighted by molar-refractivity contribution is 7.22. The van der Waals surface area contributed by atoms with Crippen LogP contribution in [-0.2, 0) is 0 Å². The lowest BCUT2D eigenvalue weighted by Gasteiger charge is -2.31. The molecule has 0 bridgehead atoms. The van der Waals surface area contributed by atoms with Gasteiger partial charge in [0.05, 0.1) is 21.6 Å². The number of benzene rings is 1. The monoisotopic (exact) mass is 485 g/mol. The van der Waals surface area contributed by atoms with Crippen LogP contribution >= 0.6 is 11.3 Å². The van der Waals surface area contributed by atoms with E-state index in [1.165, 1.54) is 11.3 Å². The van der Waals surface area contributed by atoms with Gasteiger partial charge in [0.2, 0.25) is 0 Å². The molecule has 1 fully saturated rings. The summed E-state index contributed by atoms with van der Waals surface area (Å²) in [5.74, 6) is 0. The summed E-state index contributed by atoms with van der Waals surface area (Å²) >= 11 is 1.42. The number of urea groups is 1. The number of thiazole rings is 1. The van der Waals surface area contributed by atoms with Crippen molar-refractivity contribution in [1.82, 2.24) is 15.3 Å². The maximum absolute atomic E-state index is 12.1. The van der Waals surface area contributed by atoms with Gasteiger partial charge in [0, 0.05) is 36.2 Å². The molecule has 3 aromatic rings. The third kappa shape index (κ3) is 4.95. The maximum atomic E-state index is 12.1. The fourth-order valence-corrected chi connectivity index (χ4v) is 5.46. The predicted octanol–water partition coefficient (Wildman–Crippen LogP) is 5.70. The Morgan fingerprint density at radius 3 is 2.83 bits per heavy atom. The summed E-state index contributed by atoms with van der Waals surface area (Å²) < 4.78 is 0.939. The van der Waals surface area contributed by atoms with Gasteiger partial charge in [0.15, 0.2) is 5.13 Å². The zero-order valence-corrected chi connectivity index (χ0v) is 20.4. The van der Waals surface area contributed by atoms with E-state index in [-0.39, 0.29) is 6.03 Å². The summed E-state index contributed by atoms with van der Waals surface area (Å²) in [5, 5.41) is 17.2. The quantitative estimate of drug-likeness (QED) is 0.404. The Bertz CT molecular complexity index is 1380. The second-order valence-corrected chi connectivity index (χ2v) is 9.74. The fraction of sp³-hybridized carbons (Fsp3) is 0.296. The molecule has 1 aliphatic carbocycles. The van der Waals surface area contributed by atoms with Gasteiger partial charge in [-0.1, -0.05) is 36.7 Å². The lowest BCUT2D eigenvalue weighted by Crippen LogP contribution is -2.39. The van der Waals surface area contributed by atoms with Crippen molar-refractivity contribution in [2.45, 2.75) is 44.6 Å². The van der Waals surface area contributed by atoms with Gasteiger partial charge >= 0.3 is 6.03 Å². The lowest BCUT2D eigenvalue weighted by molar-refractivity contribution is 0.0719. The predicted molar refractivity (Wildman–Crippen MR) is 142 cm³/mol. The van der Waals surface area contributed by atoms with Crippen LogP contribution in [0.1, 0.15) is 44.6 Å². The number of rotatable bonds is 5. The number of carbonyl (C=O) groups excluding carboxylic acids is 1. The van der Waals surface area contributed by atoms with Gasteiger partial charge in [-0.25, -0.2) is 9.78 Å². The molecule has 3 N–H and O–H groups in total. The smallest absolute Gasteiger partial charge is 0.321 e. The van der Waals surface area contributed by atoms with Gasteiger partial charge in [-0.3, -0.25) is 15.3 Å². The van der Waals surface area contributed by atoms with Crippen LogP contribution in [0, 0.1) is 0 Å². The number of nitrogens with zero attached hydrogens (tertiary/aromatic N) is 3. The number of pyridine rings is 1. The van der Waals surface area contributed by atoms with Gasteiger partial charge in [-0.2, -0.15) is 0 Å². The Kier molecular flexibility index (Phi) is 6.59. The summed E-state index contributed by atoms with van der Waals surface area (Å²) in [4.78, 5) is 26.0. The van der Waals surface area contributed by atoms with Crippen molar-refractivity contribution in [2.75, 3.05) is 11.9 Å². The minimum atomic E-state index is -0.886. The molecule has 5 rings (SSSR count). The van der Waals surface area contributed by atoms with Crippen molar-refractivity contribution in [1.29, 1.82) is 0 Å². The number of amides is 2. The first-order valence-electron chi connectivity index (χ1n) is 11.9. The molecule has 178 valence electrons. The van der Waals surface area contributed by atoms with E-state index in [0.29, 0.717) is 17.4 Å². The number of carbonyl (C=O) groups is 1. The van der Waals surface area contributed by atoms with E-state index in [2.05, 4.69) is 37.4 Å². The number of anilines is 1. The molecule has 8 heteroatoms. The van der Waals surface area contributed by atoms with Crippen LogP contribution in [-0.4, -0.2) is 39.0 Å². The summed E-state index contributed by atoms with van der Waals surface area (Å²) in [6, 6.07) is 9.56. The average molecular weight is 486 g/mol. The Hall–Kier alpha value is -3.58. The van der Waals surface area contributed by atoms with Crippen molar-refractivity contribution < 1.29 is 9.90 Å². The molecule has 7 nitrogen and oxygen atoms in total. The van der Waals surface area contributed by atoms with Crippen LogP contribution < -0.4 is 10.6 Å². The van der Waals surface area contributed by atoms with E-state index in [0.717, 1.165) is 64.7 Å². The van der Waals surface area contributed by atoms with Crippen molar-refractivity contribution in [2.24, 2.45) is 4.99 Å². The zero-order valence-electron chi connectivity index (χ0n) is 19.5. The van der Waals surface area contributed by atoms with Crippen LogP contribution in [0.25, 0.3) is 27.0 Å². The summed E-state index contributed by atoms with van der Waals surface area (Å²) in [7, 11) is 0. The van der Waals surface area contributed by atoms with Crippen molar-refractivity contribution in [3.63, 3.8) is 0 Å². The number of nitrogens with one attached hydrogen (secondary N) is 2. The molecule has 3 heterocycles. The third-order valence-electron chi connectivity index (χ3n) is 6.28. The second-order valence-electron chi connectivity index (χ2n) is 8.74. The van der Waals surface area contributed by atoms with E-state index in [1.54, 1.807) is 18.5 Å². The molecule has 0 saturated heterocycles. The number of aromatic nitrogens is 2. The summed E-state index contributed by atoms with van der Waals surface area (Å²) in [5.41, 5.74) is 7.28. The number of aliphatic imine (C=N–C) groups is 1. The lowest BCUT2D eigenvalue weighted by atomic mass is 9.81. The topological polar surface area (TPSA) is 99.5 Å². The minimum Gasteiger partial charge on any atom is -0.384 e. The standard InChI is InChI=1S/C27H27N5O2S/c1-2-28-25(33)32-26-31-22-16-19(15-20(24(22)35-26)21-10-4-7-14-29-21)18-9-8-11-23(30-17-18)27(34)12-5-3-6-13-27/h4,7,9-11,14-17,34H,2-3,5-6,12-13H2,1H3,(H2,28,31,32,33). The number of hydrogen-bond donors (Lipinski definition) is 3. The zero-order chi connectivity index (χ0) is 24.3. The molecule has 2 amide bonds. The molecule has 2 aromatic heterocycles. The van der Waals surface area contributed by atoms with E-state index in [1.807, 2.05) is 37.3 Å². The molecule has 0 unspecified atom stereocenters. The summed E-state index contributed by atoms with van der Waals surface area (Å²) in [6.07, 6.45) is 11.8. The molecule has 35 heavy (non-hydrogen) atoms. The molecule has 1 aliphatic heterocycles. The first-order chi connectivity index (χ1) is 17.1. The van der Waals surface area contributed by atoms with Gasteiger partial charge in [0.25, 0.3) is 0 Å². The van der Waals surface area contributed by atoms with Crippen molar-refractivity contribution in [3.8, 4) is 11.3 Å². The highest BCUT2D eigenvalue weighted by Gasteiger charge is 2.33. The van der Waals surface area contributed by atoms with Crippen LogP contribution in [0.2, 0.25) is 0 Å². The minimum absolute atomic E-state index is 0.284. The van der Waals surface area contributed by atoms with Crippen LogP contribution in [0.4, 0.5) is 9.93 Å². The van der Waals surface area contributed by atoms with Gasteiger partial charge < -0.3 is 10.4 Å². The van der Waals surface area contributed by atoms with Gasteiger partial charge in [-0.05, 0) is 55.7 Å². The van der Waals surface area contributed by atoms with Crippen LogP contribution in [0.15, 0.2) is 65.6 Å². The number of aliphatic hydroxyl groups is 1. The molecule has 0 spiro atoms. The normalized spacial score (nSPS) is 17.0. The molecule has 1 saturated carbocycles. The Labute approximate surface area is 208 Å². The SMILES string of the molecule is CCNC(=O)Nc1nc2cc(C3=CN=C(C4(O)CCCCC4)C=C=C3)cc(-c3ccccn3)c2s1. The first-order valence-corrected chi connectivity index (χ1v) is 12.7. The molecule has 2 aliphatic rings. The van der Waals surface area contributed by atoms with Crippen molar-refractivity contribution in [3.05, 3.63) is 66.2 Å². The first kappa shape index (κ1) is 23.2. The molecule has 0 radical (unpaired) electrons. The van der Waals surface area contributed by atoms with Crippen molar-refractivity contribution >= 4 is 44.0 Å². The highest BCUT2D eigenvalue weighted by atomic mass is 32.1. The Morgan fingerprint density at radius 1 is 1.20 bits per heavy atom. The van der Waals surface area contributed by atoms with E-state index in [9.17, 15) is 9.90 Å². The Morgan fingerprint density at radius 2 is 2.06 bits per heavy atom. The third-order valence-corrected chi connectivity index (χ3v) is 7.30. The molecular weight excluding hydrogens is 458 g/mol.